The molecule has 6 heteroatoms. The van der Waals surface area contributed by atoms with E-state index in [1.54, 1.807) is 20.0 Å². The van der Waals surface area contributed by atoms with Crippen molar-refractivity contribution in [3.63, 3.8) is 0 Å². The van der Waals surface area contributed by atoms with Crippen molar-refractivity contribution in [2.45, 2.75) is 13.0 Å². The molecule has 25 heavy (non-hydrogen) atoms. The molecule has 0 saturated carbocycles. The van der Waals surface area contributed by atoms with Crippen LogP contribution >= 0.6 is 11.3 Å². The molecule has 1 amide bonds. The maximum Gasteiger partial charge on any atom is 0.246 e. The smallest absolute Gasteiger partial charge is 0.246 e. The Balaban J connectivity index is 1.73. The molecule has 0 saturated heterocycles. The van der Waals surface area contributed by atoms with Crippen molar-refractivity contribution >= 4 is 33.5 Å². The lowest BCUT2D eigenvalue weighted by Gasteiger charge is -2.24. The highest BCUT2D eigenvalue weighted by molar-refractivity contribution is 7.19. The second-order valence-corrected chi connectivity index (χ2v) is 6.71. The molecule has 0 spiro atoms. The van der Waals surface area contributed by atoms with E-state index >= 15 is 0 Å². The minimum atomic E-state index is -0.921. The average molecular weight is 358 g/mol. The summed E-state index contributed by atoms with van der Waals surface area (Å²) in [6.45, 7) is 1.76. The average Bonchev–Trinajstić information content (AvgIpc) is 3.03. The van der Waals surface area contributed by atoms with Crippen molar-refractivity contribution in [2.24, 2.45) is 0 Å². The monoisotopic (exact) mass is 358 g/mol. The Morgan fingerprint density at radius 2 is 1.96 bits per heavy atom. The molecular formula is C19H16F2N2OS. The number of nitrogens with zero attached hydrogens (tertiary/aromatic N) is 2. The summed E-state index contributed by atoms with van der Waals surface area (Å²) in [5.41, 5.74) is 1.42. The number of hydrogen-bond donors (Lipinski definition) is 0. The fourth-order valence-electron chi connectivity index (χ4n) is 2.41. The van der Waals surface area contributed by atoms with Crippen LogP contribution in [-0.2, 0) is 4.79 Å². The molecule has 0 fully saturated rings. The lowest BCUT2D eigenvalue weighted by Crippen LogP contribution is -2.28. The van der Waals surface area contributed by atoms with Crippen molar-refractivity contribution in [1.29, 1.82) is 0 Å². The number of fused-ring (bicyclic) bond motifs is 1. The lowest BCUT2D eigenvalue weighted by molar-refractivity contribution is -0.126. The molecule has 0 aliphatic carbocycles. The third kappa shape index (κ3) is 3.74. The van der Waals surface area contributed by atoms with E-state index in [1.165, 1.54) is 28.4 Å². The van der Waals surface area contributed by atoms with E-state index in [2.05, 4.69) is 4.98 Å². The van der Waals surface area contributed by atoms with Gasteiger partial charge in [0.2, 0.25) is 5.91 Å². The summed E-state index contributed by atoms with van der Waals surface area (Å²) in [6, 6.07) is 11.0. The molecule has 0 radical (unpaired) electrons. The second-order valence-electron chi connectivity index (χ2n) is 5.65. The van der Waals surface area contributed by atoms with Crippen LogP contribution in [0.5, 0.6) is 0 Å². The van der Waals surface area contributed by atoms with E-state index in [4.69, 9.17) is 0 Å². The van der Waals surface area contributed by atoms with Crippen LogP contribution in [0.4, 0.5) is 8.78 Å². The molecule has 3 nitrogen and oxygen atoms in total. The predicted molar refractivity (Wildman–Crippen MR) is 96.2 cm³/mol. The quantitative estimate of drug-likeness (QED) is 0.627. The summed E-state index contributed by atoms with van der Waals surface area (Å²) in [5, 5.41) is 0.739. The first kappa shape index (κ1) is 17.2. The maximum absolute atomic E-state index is 13.4. The van der Waals surface area contributed by atoms with Crippen LogP contribution < -0.4 is 0 Å². The van der Waals surface area contributed by atoms with Crippen molar-refractivity contribution in [2.75, 3.05) is 7.05 Å². The van der Waals surface area contributed by atoms with Gasteiger partial charge in [-0.1, -0.05) is 18.2 Å². The lowest BCUT2D eigenvalue weighted by atomic mass is 10.1. The number of hydrogen-bond acceptors (Lipinski definition) is 3. The molecule has 0 aliphatic rings. The minimum absolute atomic E-state index is 0.239. The number of likely N-dealkylation sites (N-methyl/N-ethyl adjacent to an activating group) is 1. The number of carbonyl (C=O) groups excluding carboxylic acids is 1. The van der Waals surface area contributed by atoms with Gasteiger partial charge in [0.05, 0.1) is 16.3 Å². The van der Waals surface area contributed by atoms with E-state index in [-0.39, 0.29) is 11.9 Å². The molecule has 0 bridgehead atoms. The summed E-state index contributed by atoms with van der Waals surface area (Å²) in [7, 11) is 1.62. The number of halogens is 2. The van der Waals surface area contributed by atoms with Gasteiger partial charge in [-0.2, -0.15) is 0 Å². The molecule has 1 heterocycles. The molecule has 3 rings (SSSR count). The van der Waals surface area contributed by atoms with Gasteiger partial charge in [0.1, 0.15) is 5.01 Å². The van der Waals surface area contributed by atoms with Crippen LogP contribution in [0.15, 0.2) is 48.5 Å². The molecule has 1 atom stereocenters. The van der Waals surface area contributed by atoms with Crippen molar-refractivity contribution in [1.82, 2.24) is 9.88 Å². The first-order chi connectivity index (χ1) is 12.0. The summed E-state index contributed by atoms with van der Waals surface area (Å²) in [5.74, 6) is -2.06. The van der Waals surface area contributed by atoms with Gasteiger partial charge in [-0.15, -0.1) is 11.3 Å². The number of para-hydroxylation sites is 1. The molecule has 1 unspecified atom stereocenters. The fraction of sp³-hybridized carbons (Fsp3) is 0.158. The van der Waals surface area contributed by atoms with Gasteiger partial charge in [-0.05, 0) is 42.8 Å². The Kier molecular flexibility index (Phi) is 4.90. The summed E-state index contributed by atoms with van der Waals surface area (Å²) < 4.78 is 27.5. The molecule has 1 aromatic heterocycles. The Hall–Kier alpha value is -2.60. The molecule has 128 valence electrons. The van der Waals surface area contributed by atoms with Crippen LogP contribution in [0.1, 0.15) is 23.5 Å². The Morgan fingerprint density at radius 3 is 2.68 bits per heavy atom. The van der Waals surface area contributed by atoms with E-state index in [9.17, 15) is 13.6 Å². The topological polar surface area (TPSA) is 33.2 Å². The first-order valence-corrected chi connectivity index (χ1v) is 8.53. The van der Waals surface area contributed by atoms with E-state index < -0.39 is 11.6 Å². The maximum atomic E-state index is 13.4. The molecule has 0 aliphatic heterocycles. The van der Waals surface area contributed by atoms with Crippen molar-refractivity contribution in [3.8, 4) is 0 Å². The van der Waals surface area contributed by atoms with Gasteiger partial charge in [0.15, 0.2) is 11.6 Å². The number of rotatable bonds is 4. The van der Waals surface area contributed by atoms with Crippen molar-refractivity contribution < 1.29 is 13.6 Å². The van der Waals surface area contributed by atoms with Gasteiger partial charge >= 0.3 is 0 Å². The highest BCUT2D eigenvalue weighted by atomic mass is 32.1. The van der Waals surface area contributed by atoms with Gasteiger partial charge in [0, 0.05) is 13.1 Å². The standard InChI is InChI=1S/C19H16F2N2OS/c1-12(13-7-8-14(20)15(21)11-13)23(2)19(24)10-9-18-22-16-5-3-4-6-17(16)25-18/h3-12H,1-2H3/b10-9+. The van der Waals surface area contributed by atoms with Gasteiger partial charge in [0.25, 0.3) is 0 Å². The van der Waals surface area contributed by atoms with E-state index in [0.29, 0.717) is 5.56 Å². The second kappa shape index (κ2) is 7.11. The fourth-order valence-corrected chi connectivity index (χ4v) is 3.28. The largest absolute Gasteiger partial charge is 0.335 e. The number of thiazole rings is 1. The Labute approximate surface area is 148 Å². The number of carbonyl (C=O) groups is 1. The highest BCUT2D eigenvalue weighted by Crippen LogP contribution is 2.24. The van der Waals surface area contributed by atoms with Crippen LogP contribution in [0.25, 0.3) is 16.3 Å². The van der Waals surface area contributed by atoms with E-state index in [1.807, 2.05) is 24.3 Å². The first-order valence-electron chi connectivity index (χ1n) is 7.71. The highest BCUT2D eigenvalue weighted by Gasteiger charge is 2.17. The minimum Gasteiger partial charge on any atom is -0.335 e. The molecule has 2 aromatic carbocycles. The molecule has 0 N–H and O–H groups in total. The number of amides is 1. The SMILES string of the molecule is CC(c1ccc(F)c(F)c1)N(C)C(=O)/C=C/c1nc2ccccc2s1. The third-order valence-electron chi connectivity index (χ3n) is 4.03. The molecular weight excluding hydrogens is 342 g/mol. The number of aromatic nitrogens is 1. The van der Waals surface area contributed by atoms with Crippen LogP contribution in [-0.4, -0.2) is 22.8 Å². The van der Waals surface area contributed by atoms with Crippen LogP contribution in [0, 0.1) is 11.6 Å². The molecule has 3 aromatic rings. The summed E-state index contributed by atoms with van der Waals surface area (Å²) in [6.07, 6.45) is 3.11. The zero-order chi connectivity index (χ0) is 18.0. The van der Waals surface area contributed by atoms with Gasteiger partial charge < -0.3 is 4.90 Å². The zero-order valence-electron chi connectivity index (χ0n) is 13.7. The summed E-state index contributed by atoms with van der Waals surface area (Å²) in [4.78, 5) is 18.3. The third-order valence-corrected chi connectivity index (χ3v) is 5.04. The zero-order valence-corrected chi connectivity index (χ0v) is 14.6. The summed E-state index contributed by atoms with van der Waals surface area (Å²) >= 11 is 1.50. The Morgan fingerprint density at radius 1 is 1.20 bits per heavy atom. The van der Waals surface area contributed by atoms with E-state index in [0.717, 1.165) is 27.4 Å². The number of benzene rings is 2. The van der Waals surface area contributed by atoms with Crippen LogP contribution in [0.2, 0.25) is 0 Å². The normalized spacial score (nSPS) is 12.6. The van der Waals surface area contributed by atoms with Gasteiger partial charge in [-0.3, -0.25) is 4.79 Å². The predicted octanol–water partition coefficient (Wildman–Crippen LogP) is 4.81. The van der Waals surface area contributed by atoms with Gasteiger partial charge in [-0.25, -0.2) is 13.8 Å². The Bertz CT molecular complexity index is 919. The van der Waals surface area contributed by atoms with Crippen LogP contribution in [0.3, 0.4) is 0 Å². The van der Waals surface area contributed by atoms with Crippen molar-refractivity contribution in [3.05, 3.63) is 70.7 Å².